The maximum atomic E-state index is 11.8. The second-order valence-corrected chi connectivity index (χ2v) is 5.84. The maximum Gasteiger partial charge on any atom is 0.343 e. The fourth-order valence-corrected chi connectivity index (χ4v) is 2.80. The molecule has 1 saturated heterocycles. The zero-order valence-corrected chi connectivity index (χ0v) is 13.2. The summed E-state index contributed by atoms with van der Waals surface area (Å²) in [6.45, 7) is 3.01. The van der Waals surface area contributed by atoms with E-state index in [1.807, 2.05) is 0 Å². The van der Waals surface area contributed by atoms with E-state index in [1.54, 1.807) is 18.2 Å². The quantitative estimate of drug-likeness (QED) is 0.473. The zero-order chi connectivity index (χ0) is 18.1. The first kappa shape index (κ1) is 17.6. The first-order valence-electron chi connectivity index (χ1n) is 7.72. The highest BCUT2D eigenvalue weighted by Gasteiger charge is 2.43. The number of rotatable bonds is 4. The molecular formula is C17H19NO7. The van der Waals surface area contributed by atoms with Gasteiger partial charge in [0.2, 0.25) is 0 Å². The van der Waals surface area contributed by atoms with Crippen molar-refractivity contribution in [3.63, 3.8) is 0 Å². The van der Waals surface area contributed by atoms with Crippen LogP contribution >= 0.6 is 0 Å². The number of hydrogen-bond acceptors (Lipinski definition) is 8. The molecule has 3 rings (SSSR count). The third-order valence-electron chi connectivity index (χ3n) is 4.22. The predicted molar refractivity (Wildman–Crippen MR) is 90.0 cm³/mol. The smallest absolute Gasteiger partial charge is 0.343 e. The molecule has 0 aliphatic carbocycles. The maximum absolute atomic E-state index is 11.8. The van der Waals surface area contributed by atoms with E-state index in [4.69, 9.17) is 14.3 Å². The van der Waals surface area contributed by atoms with Crippen molar-refractivity contribution in [2.45, 2.75) is 30.6 Å². The van der Waals surface area contributed by atoms with Gasteiger partial charge >= 0.3 is 5.63 Å². The summed E-state index contributed by atoms with van der Waals surface area (Å²) in [4.78, 5) is 11.8. The second-order valence-electron chi connectivity index (χ2n) is 5.84. The molecule has 5 N–H and O–H groups in total. The molecule has 1 aromatic heterocycles. The van der Waals surface area contributed by atoms with Gasteiger partial charge in [-0.3, -0.25) is 0 Å². The average Bonchev–Trinajstić information content (AvgIpc) is 2.61. The highest BCUT2D eigenvalue weighted by molar-refractivity contribution is 5.82. The Hall–Kier alpha value is -2.23. The number of ether oxygens (including phenoxy) is 1. The van der Waals surface area contributed by atoms with Crippen molar-refractivity contribution >= 4 is 22.7 Å². The van der Waals surface area contributed by atoms with Gasteiger partial charge < -0.3 is 34.9 Å². The summed E-state index contributed by atoms with van der Waals surface area (Å²) in [6, 6.07) is 5.51. The predicted octanol–water partition coefficient (Wildman–Crippen LogP) is -0.352. The van der Waals surface area contributed by atoms with E-state index >= 15 is 0 Å². The number of anilines is 1. The molecule has 0 amide bonds. The minimum atomic E-state index is -1.44. The summed E-state index contributed by atoms with van der Waals surface area (Å²) in [6.07, 6.45) is -3.84. The highest BCUT2D eigenvalue weighted by atomic mass is 16.6. The van der Waals surface area contributed by atoms with Crippen LogP contribution in [-0.2, 0) is 4.74 Å². The van der Waals surface area contributed by atoms with Crippen LogP contribution in [0.2, 0.25) is 0 Å². The summed E-state index contributed by atoms with van der Waals surface area (Å²) in [5, 5.41) is 42.7. The van der Waals surface area contributed by atoms with E-state index in [2.05, 4.69) is 11.9 Å². The fraction of sp³-hybridized carbons (Fsp3) is 0.353. The van der Waals surface area contributed by atoms with Crippen LogP contribution in [0.3, 0.4) is 0 Å². The summed E-state index contributed by atoms with van der Waals surface area (Å²) in [7, 11) is 0. The molecule has 1 fully saturated rings. The van der Waals surface area contributed by atoms with Crippen molar-refractivity contribution in [2.75, 3.05) is 11.9 Å². The van der Waals surface area contributed by atoms with Crippen LogP contribution in [0.25, 0.3) is 17.0 Å². The Kier molecular flexibility index (Phi) is 4.89. The van der Waals surface area contributed by atoms with Crippen LogP contribution in [0.5, 0.6) is 0 Å². The molecule has 8 nitrogen and oxygen atoms in total. The highest BCUT2D eigenvalue weighted by Crippen LogP contribution is 2.25. The zero-order valence-electron chi connectivity index (χ0n) is 13.2. The number of fused-ring (bicyclic) bond motifs is 1. The van der Waals surface area contributed by atoms with E-state index in [1.165, 1.54) is 12.1 Å². The third-order valence-corrected chi connectivity index (χ3v) is 4.22. The van der Waals surface area contributed by atoms with Gasteiger partial charge in [0, 0.05) is 17.1 Å². The molecule has 1 aromatic carbocycles. The lowest BCUT2D eigenvalue weighted by atomic mass is 9.97. The largest absolute Gasteiger partial charge is 0.422 e. The van der Waals surface area contributed by atoms with Gasteiger partial charge in [0.15, 0.2) is 6.29 Å². The summed E-state index contributed by atoms with van der Waals surface area (Å²) < 4.78 is 10.3. The Bertz CT molecular complexity index is 833. The molecule has 2 heterocycles. The normalized spacial score (nSPS) is 29.5. The molecule has 1 aliphatic rings. The molecule has 25 heavy (non-hydrogen) atoms. The molecule has 5 atom stereocenters. The lowest BCUT2D eigenvalue weighted by Crippen LogP contribution is -2.61. The molecule has 2 aromatic rings. The SMILES string of the molecule is C=Cc1cc2ccc(NC3C(O)OC(CO)[C@H](O)[C@H]3O)cc2oc1=O. The van der Waals surface area contributed by atoms with Crippen molar-refractivity contribution < 1.29 is 29.6 Å². The van der Waals surface area contributed by atoms with Crippen LogP contribution in [0.1, 0.15) is 5.56 Å². The Labute approximate surface area is 142 Å². The van der Waals surface area contributed by atoms with Gasteiger partial charge in [-0.1, -0.05) is 12.7 Å². The van der Waals surface area contributed by atoms with Crippen molar-refractivity contribution in [3.05, 3.63) is 46.8 Å². The molecular weight excluding hydrogens is 330 g/mol. The van der Waals surface area contributed by atoms with E-state index in [9.17, 15) is 20.1 Å². The van der Waals surface area contributed by atoms with Crippen molar-refractivity contribution in [2.24, 2.45) is 0 Å². The van der Waals surface area contributed by atoms with Gasteiger partial charge in [0.1, 0.15) is 29.9 Å². The monoisotopic (exact) mass is 349 g/mol. The summed E-state index contributed by atoms with van der Waals surface area (Å²) in [5.41, 5.74) is 0.582. The lowest BCUT2D eigenvalue weighted by Gasteiger charge is -2.40. The number of aliphatic hydroxyl groups excluding tert-OH is 4. The van der Waals surface area contributed by atoms with Crippen molar-refractivity contribution in [1.29, 1.82) is 0 Å². The van der Waals surface area contributed by atoms with E-state index in [0.29, 0.717) is 22.2 Å². The topological polar surface area (TPSA) is 132 Å². The Morgan fingerprint density at radius 1 is 1.20 bits per heavy atom. The van der Waals surface area contributed by atoms with Crippen molar-refractivity contribution in [1.82, 2.24) is 0 Å². The Morgan fingerprint density at radius 2 is 1.96 bits per heavy atom. The lowest BCUT2D eigenvalue weighted by molar-refractivity contribution is -0.245. The summed E-state index contributed by atoms with van der Waals surface area (Å²) >= 11 is 0. The molecule has 0 saturated carbocycles. The van der Waals surface area contributed by atoms with Gasteiger partial charge in [-0.15, -0.1) is 0 Å². The molecule has 3 unspecified atom stereocenters. The minimum absolute atomic E-state index is 0.315. The van der Waals surface area contributed by atoms with Gasteiger partial charge in [0.05, 0.1) is 12.2 Å². The van der Waals surface area contributed by atoms with Gasteiger partial charge in [-0.05, 0) is 18.2 Å². The van der Waals surface area contributed by atoms with Crippen molar-refractivity contribution in [3.8, 4) is 0 Å². The third kappa shape index (κ3) is 3.30. The standard InChI is InChI=1S/C17H19NO7/c1-2-8-5-9-3-4-10(6-11(9)24-16(8)22)18-13-15(21)14(20)12(7-19)25-17(13)23/h2-6,12-15,17-21,23H,1,7H2/t12?,13?,14-,15-,17?/m0/s1. The Morgan fingerprint density at radius 3 is 2.64 bits per heavy atom. The molecule has 0 radical (unpaired) electrons. The van der Waals surface area contributed by atoms with Crippen LogP contribution < -0.4 is 10.9 Å². The number of nitrogens with one attached hydrogen (secondary N) is 1. The van der Waals surface area contributed by atoms with Gasteiger partial charge in [-0.2, -0.15) is 0 Å². The van der Waals surface area contributed by atoms with Crippen LogP contribution in [0, 0.1) is 0 Å². The van der Waals surface area contributed by atoms with Crippen LogP contribution in [0.15, 0.2) is 40.1 Å². The average molecular weight is 349 g/mol. The number of benzene rings is 1. The van der Waals surface area contributed by atoms with Gasteiger partial charge in [0.25, 0.3) is 0 Å². The Balaban J connectivity index is 1.87. The number of aliphatic hydroxyl groups is 4. The molecule has 1 aliphatic heterocycles. The second kappa shape index (κ2) is 6.95. The molecule has 134 valence electrons. The minimum Gasteiger partial charge on any atom is -0.422 e. The van der Waals surface area contributed by atoms with E-state index < -0.39 is 42.9 Å². The number of hydrogen-bond donors (Lipinski definition) is 5. The van der Waals surface area contributed by atoms with E-state index in [-0.39, 0.29) is 0 Å². The first-order chi connectivity index (χ1) is 11.9. The fourth-order valence-electron chi connectivity index (χ4n) is 2.80. The molecule has 0 spiro atoms. The van der Waals surface area contributed by atoms with Crippen LogP contribution in [0.4, 0.5) is 5.69 Å². The summed E-state index contributed by atoms with van der Waals surface area (Å²) in [5.74, 6) is 0. The molecule has 8 heteroatoms. The first-order valence-corrected chi connectivity index (χ1v) is 7.72. The van der Waals surface area contributed by atoms with E-state index in [0.717, 1.165) is 0 Å². The van der Waals surface area contributed by atoms with Crippen LogP contribution in [-0.4, -0.2) is 57.7 Å². The van der Waals surface area contributed by atoms with Gasteiger partial charge in [-0.25, -0.2) is 4.79 Å². The molecule has 0 bridgehead atoms.